The van der Waals surface area contributed by atoms with Crippen molar-refractivity contribution in [3.8, 4) is 0 Å². The fraction of sp³-hybridized carbons (Fsp3) is 0.455. The summed E-state index contributed by atoms with van der Waals surface area (Å²) in [4.78, 5) is 0. The molecule has 0 N–H and O–H groups in total. The molecule has 68 valence electrons. The van der Waals surface area contributed by atoms with Crippen LogP contribution in [0.3, 0.4) is 0 Å². The van der Waals surface area contributed by atoms with Crippen LogP contribution in [0, 0.1) is 0 Å². The van der Waals surface area contributed by atoms with Crippen LogP contribution in [0.1, 0.15) is 18.9 Å². The molecule has 0 aliphatic rings. The van der Waals surface area contributed by atoms with E-state index in [2.05, 4.69) is 6.92 Å². The van der Waals surface area contributed by atoms with E-state index in [0.29, 0.717) is 0 Å². The molecule has 0 fully saturated rings. The Balaban J connectivity index is 2.25. The van der Waals surface area contributed by atoms with Crippen LogP contribution in [0.15, 0.2) is 24.3 Å². The van der Waals surface area contributed by atoms with Crippen LogP contribution in [-0.4, -0.2) is 21.1 Å². The molecule has 0 saturated heterocycles. The second kappa shape index (κ2) is 5.82. The summed E-state index contributed by atoms with van der Waals surface area (Å²) in [6.45, 7) is 3.77. The summed E-state index contributed by atoms with van der Waals surface area (Å²) >= 11 is 0. The molecule has 0 spiro atoms. The van der Waals surface area contributed by atoms with E-state index in [1.807, 2.05) is 24.3 Å². The molecule has 1 aromatic carbocycles. The van der Waals surface area contributed by atoms with Gasteiger partial charge in [-0.15, -0.1) is 0 Å². The Morgan fingerprint density at radius 3 is 2.46 bits per heavy atom. The summed E-state index contributed by atoms with van der Waals surface area (Å²) in [6, 6.07) is 7.94. The standard InChI is InChI=1S/C11H15BO/c1-2-8-13-9-7-10-3-5-11(12)6-4-10/h3-6H,2,7-9H2,1H3. The van der Waals surface area contributed by atoms with Gasteiger partial charge in [-0.25, -0.2) is 0 Å². The van der Waals surface area contributed by atoms with Crippen molar-refractivity contribution in [1.29, 1.82) is 0 Å². The van der Waals surface area contributed by atoms with Gasteiger partial charge in [0.1, 0.15) is 7.85 Å². The van der Waals surface area contributed by atoms with Gasteiger partial charge in [0.2, 0.25) is 0 Å². The largest absolute Gasteiger partial charge is 0.381 e. The lowest BCUT2D eigenvalue weighted by Gasteiger charge is -2.03. The first-order chi connectivity index (χ1) is 6.33. The lowest BCUT2D eigenvalue weighted by Crippen LogP contribution is -2.03. The molecule has 13 heavy (non-hydrogen) atoms. The third kappa shape index (κ3) is 4.14. The van der Waals surface area contributed by atoms with Crippen molar-refractivity contribution >= 4 is 13.3 Å². The van der Waals surface area contributed by atoms with Crippen LogP contribution >= 0.6 is 0 Å². The van der Waals surface area contributed by atoms with Crippen LogP contribution in [0.5, 0.6) is 0 Å². The van der Waals surface area contributed by atoms with Crippen LogP contribution in [0.25, 0.3) is 0 Å². The molecular weight excluding hydrogens is 159 g/mol. The smallest absolute Gasteiger partial charge is 0.113 e. The Hall–Kier alpha value is -0.755. The maximum atomic E-state index is 5.57. The van der Waals surface area contributed by atoms with Crippen molar-refractivity contribution in [2.75, 3.05) is 13.2 Å². The zero-order valence-corrected chi connectivity index (χ0v) is 8.12. The first-order valence-electron chi connectivity index (χ1n) is 4.75. The maximum Gasteiger partial charge on any atom is 0.113 e. The summed E-state index contributed by atoms with van der Waals surface area (Å²) < 4.78 is 5.39. The highest BCUT2D eigenvalue weighted by Gasteiger charge is 1.92. The van der Waals surface area contributed by atoms with Crippen LogP contribution in [0.2, 0.25) is 0 Å². The molecule has 1 aromatic rings. The van der Waals surface area contributed by atoms with Crippen molar-refractivity contribution < 1.29 is 4.74 Å². The lowest BCUT2D eigenvalue weighted by molar-refractivity contribution is 0.138. The number of rotatable bonds is 5. The van der Waals surface area contributed by atoms with Gasteiger partial charge in [0.15, 0.2) is 0 Å². The second-order valence-electron chi connectivity index (χ2n) is 3.10. The van der Waals surface area contributed by atoms with Gasteiger partial charge < -0.3 is 4.74 Å². The van der Waals surface area contributed by atoms with E-state index in [9.17, 15) is 0 Å². The summed E-state index contributed by atoms with van der Waals surface area (Å²) in [6.07, 6.45) is 2.06. The minimum Gasteiger partial charge on any atom is -0.381 e. The minimum atomic E-state index is 0.803. The van der Waals surface area contributed by atoms with E-state index in [1.165, 1.54) is 5.56 Å². The van der Waals surface area contributed by atoms with Crippen molar-refractivity contribution in [3.63, 3.8) is 0 Å². The quantitative estimate of drug-likeness (QED) is 0.484. The fourth-order valence-corrected chi connectivity index (χ4v) is 1.12. The summed E-state index contributed by atoms with van der Waals surface area (Å²) in [5, 5.41) is 0. The SMILES string of the molecule is [B]c1ccc(CCOCCC)cc1. The van der Waals surface area contributed by atoms with Crippen LogP contribution in [-0.2, 0) is 11.2 Å². The number of hydrogen-bond acceptors (Lipinski definition) is 1. The van der Waals surface area contributed by atoms with E-state index in [4.69, 9.17) is 12.6 Å². The average molecular weight is 174 g/mol. The van der Waals surface area contributed by atoms with Crippen molar-refractivity contribution in [2.24, 2.45) is 0 Å². The molecule has 0 atom stereocenters. The van der Waals surface area contributed by atoms with Crippen molar-refractivity contribution in [2.45, 2.75) is 19.8 Å². The first kappa shape index (κ1) is 10.3. The van der Waals surface area contributed by atoms with Gasteiger partial charge in [-0.05, 0) is 18.4 Å². The Labute approximate surface area is 81.5 Å². The molecule has 2 radical (unpaired) electrons. The van der Waals surface area contributed by atoms with Gasteiger partial charge >= 0.3 is 0 Å². The van der Waals surface area contributed by atoms with Crippen LogP contribution in [0.4, 0.5) is 0 Å². The molecule has 0 heterocycles. The van der Waals surface area contributed by atoms with Gasteiger partial charge in [0.05, 0.1) is 6.61 Å². The van der Waals surface area contributed by atoms with Gasteiger partial charge in [-0.3, -0.25) is 0 Å². The van der Waals surface area contributed by atoms with Gasteiger partial charge in [-0.2, -0.15) is 0 Å². The predicted molar refractivity (Wildman–Crippen MR) is 56.6 cm³/mol. The van der Waals surface area contributed by atoms with Crippen molar-refractivity contribution in [3.05, 3.63) is 29.8 Å². The van der Waals surface area contributed by atoms with Crippen molar-refractivity contribution in [1.82, 2.24) is 0 Å². The molecule has 1 nitrogen and oxygen atoms in total. The second-order valence-corrected chi connectivity index (χ2v) is 3.10. The number of hydrogen-bond donors (Lipinski definition) is 0. The molecule has 0 unspecified atom stereocenters. The van der Waals surface area contributed by atoms with E-state index in [0.717, 1.165) is 31.5 Å². The maximum absolute atomic E-state index is 5.57. The summed E-state index contributed by atoms with van der Waals surface area (Å²) in [5.74, 6) is 0. The molecular formula is C11H15BO. The number of ether oxygens (including phenoxy) is 1. The highest BCUT2D eigenvalue weighted by Crippen LogP contribution is 1.98. The molecule has 0 bridgehead atoms. The summed E-state index contributed by atoms with van der Waals surface area (Å²) in [7, 11) is 5.57. The van der Waals surface area contributed by atoms with E-state index in [-0.39, 0.29) is 0 Å². The fourth-order valence-electron chi connectivity index (χ4n) is 1.12. The van der Waals surface area contributed by atoms with Gasteiger partial charge in [0.25, 0.3) is 0 Å². The molecule has 1 rings (SSSR count). The molecule has 0 aliphatic carbocycles. The Bertz CT molecular complexity index is 230. The zero-order valence-electron chi connectivity index (χ0n) is 8.12. The third-order valence-corrected chi connectivity index (χ3v) is 1.86. The molecule has 0 aliphatic heterocycles. The van der Waals surface area contributed by atoms with Crippen LogP contribution < -0.4 is 5.46 Å². The molecule has 2 heteroatoms. The normalized spacial score (nSPS) is 10.2. The highest BCUT2D eigenvalue weighted by molar-refractivity contribution is 6.32. The monoisotopic (exact) mass is 174 g/mol. The first-order valence-corrected chi connectivity index (χ1v) is 4.75. The predicted octanol–water partition coefficient (Wildman–Crippen LogP) is 1.45. The van der Waals surface area contributed by atoms with E-state index < -0.39 is 0 Å². The zero-order chi connectivity index (χ0) is 9.52. The van der Waals surface area contributed by atoms with E-state index >= 15 is 0 Å². The van der Waals surface area contributed by atoms with Gasteiger partial charge in [0, 0.05) is 6.61 Å². The van der Waals surface area contributed by atoms with E-state index in [1.54, 1.807) is 0 Å². The molecule has 0 aromatic heterocycles. The molecule has 0 saturated carbocycles. The lowest BCUT2D eigenvalue weighted by atomic mass is 9.95. The van der Waals surface area contributed by atoms with Gasteiger partial charge in [-0.1, -0.05) is 36.7 Å². The highest BCUT2D eigenvalue weighted by atomic mass is 16.5. The minimum absolute atomic E-state index is 0.803. The summed E-state index contributed by atoms with van der Waals surface area (Å²) in [5.41, 5.74) is 2.10. The topological polar surface area (TPSA) is 9.23 Å². The average Bonchev–Trinajstić information content (AvgIpc) is 2.15. The Morgan fingerprint density at radius 2 is 1.85 bits per heavy atom. The Kier molecular flexibility index (Phi) is 4.62. The Morgan fingerprint density at radius 1 is 1.15 bits per heavy atom. The third-order valence-electron chi connectivity index (χ3n) is 1.86. The molecule has 0 amide bonds. The number of benzene rings is 1.